The van der Waals surface area contributed by atoms with Gasteiger partial charge in [0.2, 0.25) is 0 Å². The van der Waals surface area contributed by atoms with Gasteiger partial charge in [0.1, 0.15) is 5.82 Å². The number of aromatic amines is 1. The fraction of sp³-hybridized carbons (Fsp3) is 0.323. The summed E-state index contributed by atoms with van der Waals surface area (Å²) in [6.45, 7) is 7.12. The summed E-state index contributed by atoms with van der Waals surface area (Å²) in [4.78, 5) is 20.6. The van der Waals surface area contributed by atoms with Gasteiger partial charge in [-0.05, 0) is 73.1 Å². The van der Waals surface area contributed by atoms with Crippen molar-refractivity contribution in [2.75, 3.05) is 10.6 Å². The maximum atomic E-state index is 13.1. The summed E-state index contributed by atoms with van der Waals surface area (Å²) in [5.41, 5.74) is 5.11. The highest BCUT2D eigenvalue weighted by molar-refractivity contribution is 6.00. The van der Waals surface area contributed by atoms with Crippen LogP contribution in [0.15, 0.2) is 79.3 Å². The first-order chi connectivity index (χ1) is 18.3. The van der Waals surface area contributed by atoms with Gasteiger partial charge in [0, 0.05) is 57.5 Å². The molecule has 7 heteroatoms. The molecular weight excluding hydrogens is 472 g/mol. The summed E-state index contributed by atoms with van der Waals surface area (Å²) in [6.07, 6.45) is 18.3. The molecule has 1 aliphatic rings. The number of rotatable bonds is 7. The number of allylic oxidation sites excluding steroid dienone is 4. The largest absolute Gasteiger partial charge is 0.361 e. The molecule has 38 heavy (non-hydrogen) atoms. The molecule has 0 saturated carbocycles. The third kappa shape index (κ3) is 6.22. The number of aryl methyl sites for hydroxylation is 2. The van der Waals surface area contributed by atoms with E-state index in [1.165, 1.54) is 11.1 Å². The van der Waals surface area contributed by atoms with Gasteiger partial charge in [-0.3, -0.25) is 10.3 Å². The molecule has 3 aromatic heterocycles. The Balaban J connectivity index is 0.00000196. The van der Waals surface area contributed by atoms with Crippen molar-refractivity contribution < 1.29 is 9.07 Å². The average Bonchev–Trinajstić information content (AvgIpc) is 3.38. The van der Waals surface area contributed by atoms with E-state index >= 15 is 0 Å². The maximum absolute atomic E-state index is 13.1. The van der Waals surface area contributed by atoms with Crippen molar-refractivity contribution >= 4 is 28.4 Å². The van der Waals surface area contributed by atoms with Gasteiger partial charge in [-0.25, -0.2) is 9.48 Å². The van der Waals surface area contributed by atoms with Crippen LogP contribution in [0, 0.1) is 5.92 Å². The van der Waals surface area contributed by atoms with Crippen molar-refractivity contribution in [3.8, 4) is 0 Å². The molecule has 0 fully saturated rings. The number of nitrogens with one attached hydrogen (secondary N) is 3. The number of anilines is 2. The second-order valence-corrected chi connectivity index (χ2v) is 11.0. The summed E-state index contributed by atoms with van der Waals surface area (Å²) in [6, 6.07) is 11.8. The third-order valence-corrected chi connectivity index (χ3v) is 6.94. The van der Waals surface area contributed by atoms with Crippen LogP contribution < -0.4 is 10.6 Å². The summed E-state index contributed by atoms with van der Waals surface area (Å²) in [7, 11) is 0. The maximum Gasteiger partial charge on any atom is 0.324 e. The van der Waals surface area contributed by atoms with E-state index in [0.29, 0.717) is 18.3 Å². The number of fused-ring (bicyclic) bond motifs is 1. The smallest absolute Gasteiger partial charge is 0.324 e. The van der Waals surface area contributed by atoms with E-state index in [-0.39, 0.29) is 15.7 Å². The molecule has 202 valence electrons. The minimum atomic E-state index is -0.281. The Morgan fingerprint density at radius 2 is 1.92 bits per heavy atom. The number of aromatic nitrogens is 4. The first-order valence-electron chi connectivity index (χ1n) is 13.3. The number of benzene rings is 1. The van der Waals surface area contributed by atoms with Gasteiger partial charge in [0.05, 0.1) is 5.69 Å². The molecule has 0 spiro atoms. The van der Waals surface area contributed by atoms with Crippen molar-refractivity contribution in [2.24, 2.45) is 5.92 Å². The highest BCUT2D eigenvalue weighted by atomic mass is 16.2. The second kappa shape index (κ2) is 11.1. The Kier molecular flexibility index (Phi) is 7.45. The number of H-pyrrole nitrogens is 1. The van der Waals surface area contributed by atoms with E-state index in [0.717, 1.165) is 48.0 Å². The monoisotopic (exact) mass is 514 g/mol. The molecule has 4 aromatic rings. The molecule has 3 N–H and O–H groups in total. The van der Waals surface area contributed by atoms with E-state index in [4.69, 9.17) is 5.10 Å². The van der Waals surface area contributed by atoms with Crippen LogP contribution in [-0.2, 0) is 24.8 Å². The lowest BCUT2D eigenvalue weighted by Gasteiger charge is -2.15. The molecule has 5 rings (SSSR count). The quantitative estimate of drug-likeness (QED) is 0.220. The number of amides is 2. The van der Waals surface area contributed by atoms with Crippen molar-refractivity contribution in [1.29, 1.82) is 0 Å². The zero-order valence-electron chi connectivity index (χ0n) is 22.4. The molecule has 0 bridgehead atoms. The summed E-state index contributed by atoms with van der Waals surface area (Å²) < 4.78 is 1.93. The highest BCUT2D eigenvalue weighted by Crippen LogP contribution is 2.27. The zero-order chi connectivity index (χ0) is 26.5. The van der Waals surface area contributed by atoms with Crippen LogP contribution in [0.4, 0.5) is 16.3 Å². The first-order valence-corrected chi connectivity index (χ1v) is 13.3. The minimum Gasteiger partial charge on any atom is -0.361 e. The Bertz CT molecular complexity index is 1470. The van der Waals surface area contributed by atoms with Gasteiger partial charge in [-0.2, -0.15) is 5.10 Å². The van der Waals surface area contributed by atoms with Crippen LogP contribution in [0.3, 0.4) is 0 Å². The van der Waals surface area contributed by atoms with Crippen LogP contribution in [0.25, 0.3) is 10.9 Å². The van der Waals surface area contributed by atoms with Crippen molar-refractivity contribution in [3.05, 3.63) is 96.1 Å². The number of nitrogens with zero attached hydrogens (tertiary/aromatic N) is 3. The lowest BCUT2D eigenvalue weighted by molar-refractivity contribution is 0.262. The van der Waals surface area contributed by atoms with Crippen molar-refractivity contribution in [2.45, 2.75) is 58.4 Å². The summed E-state index contributed by atoms with van der Waals surface area (Å²) >= 11 is 0. The minimum absolute atomic E-state index is 0. The molecule has 2 amide bonds. The van der Waals surface area contributed by atoms with E-state index in [1.807, 2.05) is 53.5 Å². The number of hydrogen-bond donors (Lipinski definition) is 3. The lowest BCUT2D eigenvalue weighted by atomic mass is 9.92. The van der Waals surface area contributed by atoms with Gasteiger partial charge in [0.15, 0.2) is 0 Å². The van der Waals surface area contributed by atoms with Crippen molar-refractivity contribution in [3.63, 3.8) is 0 Å². The van der Waals surface area contributed by atoms with E-state index < -0.39 is 0 Å². The zero-order valence-corrected chi connectivity index (χ0v) is 22.4. The fourth-order valence-electron chi connectivity index (χ4n) is 4.75. The lowest BCUT2D eigenvalue weighted by Crippen LogP contribution is -2.22. The number of hydrogen-bond acceptors (Lipinski definition) is 3. The van der Waals surface area contributed by atoms with E-state index in [9.17, 15) is 4.79 Å². The first kappa shape index (κ1) is 25.5. The van der Waals surface area contributed by atoms with Crippen LogP contribution in [0.1, 0.15) is 54.7 Å². The van der Waals surface area contributed by atoms with Crippen LogP contribution in [-0.4, -0.2) is 25.8 Å². The van der Waals surface area contributed by atoms with Gasteiger partial charge in [-0.1, -0.05) is 45.1 Å². The summed E-state index contributed by atoms with van der Waals surface area (Å²) in [5.74, 6) is 1.04. The molecule has 1 aromatic carbocycles. The predicted octanol–water partition coefficient (Wildman–Crippen LogP) is 7.75. The molecule has 7 nitrogen and oxygen atoms in total. The third-order valence-electron chi connectivity index (χ3n) is 6.94. The molecule has 0 aliphatic heterocycles. The Morgan fingerprint density at radius 1 is 1.08 bits per heavy atom. The van der Waals surface area contributed by atoms with Gasteiger partial charge in [0.25, 0.3) is 0 Å². The SMILES string of the molecule is CC(C)(C)c1cc(NC(=O)Nc2ccc3[nH]cc(CCc4ccncc4)c3c2)n(CC2C=CCC=CC2)n1.[HH].[HH].[HH]. The number of carbonyl (C=O) groups is 1. The topological polar surface area (TPSA) is 87.6 Å². The predicted molar refractivity (Wildman–Crippen MR) is 161 cm³/mol. The molecule has 1 atom stereocenters. The Hall–Kier alpha value is -4.13. The number of carbonyl (C=O) groups excluding carboxylic acids is 1. The highest BCUT2D eigenvalue weighted by Gasteiger charge is 2.22. The normalized spacial score (nSPS) is 15.5. The number of pyridine rings is 1. The fourth-order valence-corrected chi connectivity index (χ4v) is 4.75. The van der Waals surface area contributed by atoms with E-state index in [2.05, 4.69) is 71.9 Å². The number of urea groups is 1. The van der Waals surface area contributed by atoms with Crippen LogP contribution in [0.5, 0.6) is 0 Å². The molecule has 0 saturated heterocycles. The van der Waals surface area contributed by atoms with Gasteiger partial charge >= 0.3 is 6.03 Å². The Morgan fingerprint density at radius 3 is 2.74 bits per heavy atom. The molecular formula is C31H42N6O. The second-order valence-electron chi connectivity index (χ2n) is 11.0. The molecule has 1 aliphatic carbocycles. The molecule has 1 unspecified atom stereocenters. The van der Waals surface area contributed by atoms with Gasteiger partial charge < -0.3 is 10.3 Å². The van der Waals surface area contributed by atoms with Crippen molar-refractivity contribution in [1.82, 2.24) is 19.7 Å². The summed E-state index contributed by atoms with van der Waals surface area (Å²) in [5, 5.41) is 12.1. The van der Waals surface area contributed by atoms with Crippen LogP contribution in [0.2, 0.25) is 0 Å². The average molecular weight is 515 g/mol. The Labute approximate surface area is 228 Å². The van der Waals surface area contributed by atoms with Crippen LogP contribution >= 0.6 is 0 Å². The van der Waals surface area contributed by atoms with Gasteiger partial charge in [-0.15, -0.1) is 0 Å². The molecule has 0 radical (unpaired) electrons. The standard InChI is InChI=1S/C31H36N6O.3H2/c1-31(2,3)28-19-29(37(36-28)21-23-8-6-4-5-7-9-23)35-30(38)34-25-12-13-27-26(18-25)24(20-33-27)11-10-22-14-16-32-17-15-22;;;/h4,6-7,9,12-20,23,33H,5,8,10-11,21H2,1-3H3,(H2,34,35,38);3*1H. The van der Waals surface area contributed by atoms with E-state index in [1.54, 1.807) is 0 Å². The molecule has 3 heterocycles.